The highest BCUT2D eigenvalue weighted by Crippen LogP contribution is 2.17. The van der Waals surface area contributed by atoms with Gasteiger partial charge in [0.1, 0.15) is 0 Å². The van der Waals surface area contributed by atoms with E-state index in [2.05, 4.69) is 15.5 Å². The molecule has 2 N–H and O–H groups in total. The van der Waals surface area contributed by atoms with Gasteiger partial charge in [0, 0.05) is 5.39 Å². The molecule has 0 saturated heterocycles. The molecule has 1 unspecified atom stereocenters. The Hall–Kier alpha value is -3.48. The minimum absolute atomic E-state index is 0.0278. The Kier molecular flexibility index (Phi) is 4.56. The lowest BCUT2D eigenvalue weighted by Crippen LogP contribution is -2.35. The zero-order chi connectivity index (χ0) is 17.8. The number of fused-ring (bicyclic) bond motifs is 1. The summed E-state index contributed by atoms with van der Waals surface area (Å²) in [4.78, 5) is 36.6. The fourth-order valence-corrected chi connectivity index (χ4v) is 2.53. The zero-order valence-corrected chi connectivity index (χ0v) is 13.4. The van der Waals surface area contributed by atoms with Crippen molar-refractivity contribution in [1.29, 1.82) is 0 Å². The van der Waals surface area contributed by atoms with E-state index in [1.165, 1.54) is 7.11 Å². The van der Waals surface area contributed by atoms with Gasteiger partial charge in [-0.05, 0) is 11.6 Å². The van der Waals surface area contributed by atoms with Gasteiger partial charge in [-0.1, -0.05) is 48.5 Å². The summed E-state index contributed by atoms with van der Waals surface area (Å²) in [5, 5.41) is 9.50. The van der Waals surface area contributed by atoms with Crippen LogP contribution in [-0.4, -0.2) is 29.2 Å². The summed E-state index contributed by atoms with van der Waals surface area (Å²) in [6.07, 6.45) is 0. The van der Waals surface area contributed by atoms with Crippen molar-refractivity contribution in [2.45, 2.75) is 6.04 Å². The van der Waals surface area contributed by atoms with Gasteiger partial charge in [0.15, 0.2) is 11.7 Å². The molecule has 0 bridgehead atoms. The van der Waals surface area contributed by atoms with Crippen LogP contribution in [0, 0.1) is 0 Å². The molecule has 0 saturated carbocycles. The SMILES string of the molecule is COC(=O)C(NC(=O)c1n[nH]c(=O)c2ccccc12)c1ccccc1. The summed E-state index contributed by atoms with van der Waals surface area (Å²) in [6, 6.07) is 14.4. The van der Waals surface area contributed by atoms with Crippen molar-refractivity contribution in [2.24, 2.45) is 0 Å². The van der Waals surface area contributed by atoms with Crippen LogP contribution in [0.5, 0.6) is 0 Å². The lowest BCUT2D eigenvalue weighted by molar-refractivity contribution is -0.143. The molecule has 0 fully saturated rings. The Bertz CT molecular complexity index is 982. The van der Waals surface area contributed by atoms with Gasteiger partial charge in [0.25, 0.3) is 11.5 Å². The summed E-state index contributed by atoms with van der Waals surface area (Å²) in [6.45, 7) is 0. The third-order valence-electron chi connectivity index (χ3n) is 3.76. The van der Waals surface area contributed by atoms with Crippen LogP contribution in [0.1, 0.15) is 22.1 Å². The van der Waals surface area contributed by atoms with Gasteiger partial charge in [-0.15, -0.1) is 0 Å². The van der Waals surface area contributed by atoms with Crippen molar-refractivity contribution >= 4 is 22.6 Å². The molecule has 3 rings (SSSR count). The van der Waals surface area contributed by atoms with Crippen LogP contribution >= 0.6 is 0 Å². The van der Waals surface area contributed by atoms with Crippen LogP contribution in [0.2, 0.25) is 0 Å². The summed E-state index contributed by atoms with van der Waals surface area (Å²) >= 11 is 0. The number of carbonyl (C=O) groups excluding carboxylic acids is 2. The Morgan fingerprint density at radius 3 is 2.36 bits per heavy atom. The van der Waals surface area contributed by atoms with E-state index >= 15 is 0 Å². The van der Waals surface area contributed by atoms with E-state index < -0.39 is 17.9 Å². The first-order chi connectivity index (χ1) is 12.1. The largest absolute Gasteiger partial charge is 0.467 e. The maximum atomic E-state index is 12.7. The summed E-state index contributed by atoms with van der Waals surface area (Å²) in [5.74, 6) is -1.19. The number of aromatic nitrogens is 2. The molecule has 1 heterocycles. The van der Waals surface area contributed by atoms with Crippen LogP contribution in [0.3, 0.4) is 0 Å². The molecule has 1 aromatic heterocycles. The van der Waals surface area contributed by atoms with Crippen LogP contribution in [-0.2, 0) is 9.53 Å². The first kappa shape index (κ1) is 16.4. The van der Waals surface area contributed by atoms with E-state index in [1.807, 2.05) is 0 Å². The molecule has 0 spiro atoms. The lowest BCUT2D eigenvalue weighted by Gasteiger charge is -2.17. The Morgan fingerprint density at radius 1 is 1.04 bits per heavy atom. The van der Waals surface area contributed by atoms with E-state index in [0.717, 1.165) is 0 Å². The standard InChI is InChI=1S/C18H15N3O4/c1-25-18(24)14(11-7-3-2-4-8-11)19-17(23)15-12-9-5-6-10-13(12)16(22)21-20-15/h2-10,14H,1H3,(H,19,23)(H,21,22). The van der Waals surface area contributed by atoms with Gasteiger partial charge in [0.2, 0.25) is 0 Å². The molecule has 126 valence electrons. The average Bonchev–Trinajstić information content (AvgIpc) is 2.66. The molecule has 0 aliphatic rings. The molecule has 2 aromatic carbocycles. The van der Waals surface area contributed by atoms with Crippen molar-refractivity contribution in [3.8, 4) is 0 Å². The van der Waals surface area contributed by atoms with Gasteiger partial charge in [-0.3, -0.25) is 9.59 Å². The molecule has 7 nitrogen and oxygen atoms in total. The first-order valence-corrected chi connectivity index (χ1v) is 7.53. The number of H-pyrrole nitrogens is 1. The number of methoxy groups -OCH3 is 1. The molecule has 0 aliphatic carbocycles. The molecule has 7 heteroatoms. The molecular formula is C18H15N3O4. The predicted octanol–water partition coefficient (Wildman–Crippen LogP) is 1.57. The third kappa shape index (κ3) is 3.25. The van der Waals surface area contributed by atoms with Crippen molar-refractivity contribution in [2.75, 3.05) is 7.11 Å². The van der Waals surface area contributed by atoms with Gasteiger partial charge in [-0.25, -0.2) is 9.89 Å². The number of carbonyl (C=O) groups is 2. The Morgan fingerprint density at radius 2 is 1.68 bits per heavy atom. The van der Waals surface area contributed by atoms with Crippen molar-refractivity contribution in [3.05, 3.63) is 76.2 Å². The third-order valence-corrected chi connectivity index (χ3v) is 3.76. The number of amides is 1. The van der Waals surface area contributed by atoms with E-state index in [1.54, 1.807) is 54.6 Å². The fourth-order valence-electron chi connectivity index (χ4n) is 2.53. The smallest absolute Gasteiger partial charge is 0.333 e. The molecule has 0 radical (unpaired) electrons. The zero-order valence-electron chi connectivity index (χ0n) is 13.4. The van der Waals surface area contributed by atoms with Crippen LogP contribution < -0.4 is 10.9 Å². The van der Waals surface area contributed by atoms with E-state index in [4.69, 9.17) is 4.74 Å². The molecule has 25 heavy (non-hydrogen) atoms. The van der Waals surface area contributed by atoms with Crippen molar-refractivity contribution < 1.29 is 14.3 Å². The molecule has 3 aromatic rings. The number of nitrogens with one attached hydrogen (secondary N) is 2. The highest BCUT2D eigenvalue weighted by molar-refractivity contribution is 6.05. The Balaban J connectivity index is 1.99. The number of nitrogens with zero attached hydrogens (tertiary/aromatic N) is 1. The topological polar surface area (TPSA) is 101 Å². The fraction of sp³-hybridized carbons (Fsp3) is 0.111. The second kappa shape index (κ2) is 6.96. The predicted molar refractivity (Wildman–Crippen MR) is 91.0 cm³/mol. The van der Waals surface area contributed by atoms with Crippen LogP contribution in [0.4, 0.5) is 0 Å². The summed E-state index contributed by atoms with van der Waals surface area (Å²) in [5.41, 5.74) is 0.219. The van der Waals surface area contributed by atoms with Gasteiger partial charge < -0.3 is 10.1 Å². The Labute approximate surface area is 142 Å². The van der Waals surface area contributed by atoms with E-state index in [9.17, 15) is 14.4 Å². The van der Waals surface area contributed by atoms with Crippen molar-refractivity contribution in [1.82, 2.24) is 15.5 Å². The second-order valence-corrected chi connectivity index (χ2v) is 5.29. The summed E-state index contributed by atoms with van der Waals surface area (Å²) < 4.78 is 4.78. The molecule has 1 amide bonds. The number of hydrogen-bond donors (Lipinski definition) is 2. The second-order valence-electron chi connectivity index (χ2n) is 5.29. The van der Waals surface area contributed by atoms with E-state index in [0.29, 0.717) is 16.3 Å². The van der Waals surface area contributed by atoms with Gasteiger partial charge >= 0.3 is 5.97 Å². The number of rotatable bonds is 4. The number of ether oxygens (including phenoxy) is 1. The number of benzene rings is 2. The number of hydrogen-bond acceptors (Lipinski definition) is 5. The van der Waals surface area contributed by atoms with Crippen molar-refractivity contribution in [3.63, 3.8) is 0 Å². The van der Waals surface area contributed by atoms with Gasteiger partial charge in [0.05, 0.1) is 12.5 Å². The van der Waals surface area contributed by atoms with Crippen LogP contribution in [0.25, 0.3) is 10.8 Å². The normalized spacial score (nSPS) is 11.7. The first-order valence-electron chi connectivity index (χ1n) is 7.53. The molecular weight excluding hydrogens is 322 g/mol. The number of esters is 1. The lowest BCUT2D eigenvalue weighted by atomic mass is 10.1. The average molecular weight is 337 g/mol. The molecule has 1 atom stereocenters. The van der Waals surface area contributed by atoms with E-state index in [-0.39, 0.29) is 11.3 Å². The highest BCUT2D eigenvalue weighted by atomic mass is 16.5. The maximum absolute atomic E-state index is 12.7. The maximum Gasteiger partial charge on any atom is 0.333 e. The van der Waals surface area contributed by atoms with Crippen LogP contribution in [0.15, 0.2) is 59.4 Å². The number of aromatic amines is 1. The highest BCUT2D eigenvalue weighted by Gasteiger charge is 2.25. The van der Waals surface area contributed by atoms with Gasteiger partial charge in [-0.2, -0.15) is 5.10 Å². The quantitative estimate of drug-likeness (QED) is 0.704. The summed E-state index contributed by atoms with van der Waals surface area (Å²) in [7, 11) is 1.25. The minimum Gasteiger partial charge on any atom is -0.467 e. The minimum atomic E-state index is -0.980. The molecule has 0 aliphatic heterocycles. The monoisotopic (exact) mass is 337 g/mol.